The van der Waals surface area contributed by atoms with Gasteiger partial charge in [-0.25, -0.2) is 0 Å². The van der Waals surface area contributed by atoms with E-state index in [-0.39, 0.29) is 24.0 Å². The van der Waals surface area contributed by atoms with Crippen LogP contribution in [0.25, 0.3) is 0 Å². The van der Waals surface area contributed by atoms with Crippen molar-refractivity contribution in [3.8, 4) is 11.5 Å². The van der Waals surface area contributed by atoms with Crippen LogP contribution in [0.15, 0.2) is 42.5 Å². The number of carbonyl (C=O) groups is 1. The Bertz CT molecular complexity index is 1050. The average molecular weight is 481 g/mol. The Labute approximate surface area is 209 Å². The molecule has 2 aliphatic heterocycles. The highest BCUT2D eigenvalue weighted by Crippen LogP contribution is 2.52. The molecule has 35 heavy (non-hydrogen) atoms. The number of fused-ring (bicyclic) bond motifs is 3. The molecular weight excluding hydrogens is 440 g/mol. The summed E-state index contributed by atoms with van der Waals surface area (Å²) in [6, 6.07) is 14.4. The number of rotatable bonds is 7. The van der Waals surface area contributed by atoms with Crippen LogP contribution in [-0.2, 0) is 14.9 Å². The monoisotopic (exact) mass is 480 g/mol. The second-order valence-electron chi connectivity index (χ2n) is 11.6. The van der Waals surface area contributed by atoms with Gasteiger partial charge in [-0.2, -0.15) is 0 Å². The molecule has 5 nitrogen and oxygen atoms in total. The molecule has 1 saturated heterocycles. The van der Waals surface area contributed by atoms with Crippen molar-refractivity contribution in [1.82, 2.24) is 0 Å². The highest BCUT2D eigenvalue weighted by molar-refractivity contribution is 5.71. The van der Waals surface area contributed by atoms with Crippen LogP contribution in [0, 0.1) is 11.8 Å². The van der Waals surface area contributed by atoms with Crippen molar-refractivity contribution in [2.24, 2.45) is 11.8 Å². The number of hydrogen-bond donors (Lipinski definition) is 1. The van der Waals surface area contributed by atoms with Gasteiger partial charge in [-0.15, -0.1) is 0 Å². The molecule has 190 valence electrons. The fraction of sp³-hybridized carbons (Fsp3) is 0.567. The fourth-order valence-electron chi connectivity index (χ4n) is 5.26. The minimum Gasteiger partial charge on any atom is -0.491 e. The Morgan fingerprint density at radius 3 is 2.46 bits per heavy atom. The number of benzene rings is 2. The Morgan fingerprint density at radius 2 is 1.86 bits per heavy atom. The van der Waals surface area contributed by atoms with Crippen molar-refractivity contribution in [2.45, 2.75) is 90.4 Å². The summed E-state index contributed by atoms with van der Waals surface area (Å²) in [5.41, 5.74) is 2.99. The first-order valence-corrected chi connectivity index (χ1v) is 12.9. The quantitative estimate of drug-likeness (QED) is 0.467. The molecule has 5 heteroatoms. The first-order valence-electron chi connectivity index (χ1n) is 12.9. The van der Waals surface area contributed by atoms with Crippen LogP contribution < -0.4 is 9.47 Å². The van der Waals surface area contributed by atoms with Gasteiger partial charge in [0, 0.05) is 11.5 Å². The van der Waals surface area contributed by atoms with Gasteiger partial charge in [0.25, 0.3) is 0 Å². The second kappa shape index (κ2) is 9.50. The number of carboxylic acid groups (broad SMARTS) is 1. The molecule has 4 rings (SSSR count). The number of hydrogen-bond acceptors (Lipinski definition) is 4. The smallest absolute Gasteiger partial charge is 0.309 e. The molecule has 0 unspecified atom stereocenters. The maximum Gasteiger partial charge on any atom is 0.309 e. The third kappa shape index (κ3) is 5.06. The van der Waals surface area contributed by atoms with Gasteiger partial charge >= 0.3 is 5.97 Å². The van der Waals surface area contributed by atoms with Gasteiger partial charge in [0.15, 0.2) is 0 Å². The normalized spacial score (nSPS) is 25.4. The topological polar surface area (TPSA) is 65.0 Å². The summed E-state index contributed by atoms with van der Waals surface area (Å²) in [5.74, 6) is 0.408. The molecule has 2 aliphatic rings. The minimum atomic E-state index is -0.852. The third-order valence-corrected chi connectivity index (χ3v) is 8.17. The average Bonchev–Trinajstić information content (AvgIpc) is 2.81. The Balaban J connectivity index is 1.62. The number of carboxylic acids is 1. The molecule has 0 saturated carbocycles. The van der Waals surface area contributed by atoms with Crippen molar-refractivity contribution < 1.29 is 24.1 Å². The van der Waals surface area contributed by atoms with E-state index in [4.69, 9.17) is 14.2 Å². The lowest BCUT2D eigenvalue weighted by Gasteiger charge is -2.50. The summed E-state index contributed by atoms with van der Waals surface area (Å²) in [4.78, 5) is 12.3. The lowest BCUT2D eigenvalue weighted by Crippen LogP contribution is -2.53. The van der Waals surface area contributed by atoms with Crippen molar-refractivity contribution in [2.75, 3.05) is 6.61 Å². The standard InChI is InChI=1S/C30H40O5/c1-8-29(4,5)20-11-14-25-22(15-20)27-24(30(6,7)35-25)16-23(28(31)32)26(34-27)17-33-21-12-9-19(10-13-21)18(2)3/h9-15,18,23-24,26-27H,8,16-17H2,1-7H3,(H,31,32)/t23-,24-,26-,27+/m0/s1. The summed E-state index contributed by atoms with van der Waals surface area (Å²) in [6.07, 6.45) is 0.700. The van der Waals surface area contributed by atoms with Crippen LogP contribution in [0.1, 0.15) is 90.0 Å². The van der Waals surface area contributed by atoms with Crippen LogP contribution in [0.5, 0.6) is 11.5 Å². The van der Waals surface area contributed by atoms with Crippen molar-refractivity contribution in [1.29, 1.82) is 0 Å². The largest absolute Gasteiger partial charge is 0.491 e. The number of ether oxygens (including phenoxy) is 3. The Kier molecular flexibility index (Phi) is 6.93. The van der Waals surface area contributed by atoms with Gasteiger partial charge in [0.05, 0.1) is 12.0 Å². The van der Waals surface area contributed by atoms with Crippen LogP contribution in [-0.4, -0.2) is 29.4 Å². The van der Waals surface area contributed by atoms with E-state index >= 15 is 0 Å². The minimum absolute atomic E-state index is 0.0282. The predicted molar refractivity (Wildman–Crippen MR) is 137 cm³/mol. The summed E-state index contributed by atoms with van der Waals surface area (Å²) >= 11 is 0. The zero-order valence-corrected chi connectivity index (χ0v) is 22.1. The van der Waals surface area contributed by atoms with E-state index in [1.165, 1.54) is 11.1 Å². The highest BCUT2D eigenvalue weighted by Gasteiger charge is 2.52. The first kappa shape index (κ1) is 25.6. The maximum atomic E-state index is 12.3. The molecular formula is C30H40O5. The molecule has 2 aromatic rings. The molecule has 1 N–H and O–H groups in total. The molecule has 0 spiro atoms. The van der Waals surface area contributed by atoms with E-state index < -0.39 is 23.6 Å². The summed E-state index contributed by atoms with van der Waals surface area (Å²) < 4.78 is 19.1. The molecule has 4 atom stereocenters. The van der Waals surface area contributed by atoms with Crippen LogP contribution in [0.4, 0.5) is 0 Å². The fourth-order valence-corrected chi connectivity index (χ4v) is 5.26. The number of aliphatic carboxylic acids is 1. The highest BCUT2D eigenvalue weighted by atomic mass is 16.6. The second-order valence-corrected chi connectivity index (χ2v) is 11.6. The lowest BCUT2D eigenvalue weighted by atomic mass is 9.71. The molecule has 0 aromatic heterocycles. The van der Waals surface area contributed by atoms with Crippen LogP contribution >= 0.6 is 0 Å². The van der Waals surface area contributed by atoms with Crippen molar-refractivity contribution >= 4 is 5.97 Å². The molecule has 0 amide bonds. The van der Waals surface area contributed by atoms with Gasteiger partial charge in [0.2, 0.25) is 0 Å². The van der Waals surface area contributed by atoms with Crippen molar-refractivity contribution in [3.05, 3.63) is 59.2 Å². The molecule has 0 bridgehead atoms. The Hall–Kier alpha value is -2.53. The van der Waals surface area contributed by atoms with Gasteiger partial charge in [-0.1, -0.05) is 52.8 Å². The maximum absolute atomic E-state index is 12.3. The van der Waals surface area contributed by atoms with Gasteiger partial charge in [0.1, 0.15) is 29.8 Å². The summed E-state index contributed by atoms with van der Waals surface area (Å²) in [5, 5.41) is 10.1. The van der Waals surface area contributed by atoms with E-state index in [0.29, 0.717) is 12.3 Å². The molecule has 2 aromatic carbocycles. The third-order valence-electron chi connectivity index (χ3n) is 8.17. The zero-order valence-electron chi connectivity index (χ0n) is 22.1. The van der Waals surface area contributed by atoms with Gasteiger partial charge in [-0.05, 0) is 73.4 Å². The van der Waals surface area contributed by atoms with E-state index in [2.05, 4.69) is 65.0 Å². The summed E-state index contributed by atoms with van der Waals surface area (Å²) in [7, 11) is 0. The predicted octanol–water partition coefficient (Wildman–Crippen LogP) is 6.89. The van der Waals surface area contributed by atoms with E-state index in [1.807, 2.05) is 26.0 Å². The van der Waals surface area contributed by atoms with Gasteiger partial charge in [-0.3, -0.25) is 4.79 Å². The first-order chi connectivity index (χ1) is 16.4. The van der Waals surface area contributed by atoms with Crippen molar-refractivity contribution in [3.63, 3.8) is 0 Å². The van der Waals surface area contributed by atoms with Crippen LogP contribution in [0.2, 0.25) is 0 Å². The Morgan fingerprint density at radius 1 is 1.17 bits per heavy atom. The van der Waals surface area contributed by atoms with E-state index in [0.717, 1.165) is 23.5 Å². The lowest BCUT2D eigenvalue weighted by molar-refractivity contribution is -0.192. The molecule has 1 fully saturated rings. The SMILES string of the molecule is CCC(C)(C)c1ccc2c(c1)[C@H]1O[C@@H](COc3ccc(C(C)C)cc3)[C@@H](C(=O)O)C[C@@H]1C(C)(C)O2. The van der Waals surface area contributed by atoms with Crippen LogP contribution in [0.3, 0.4) is 0 Å². The molecule has 0 aliphatic carbocycles. The summed E-state index contributed by atoms with van der Waals surface area (Å²) in [6.45, 7) is 15.2. The van der Waals surface area contributed by atoms with E-state index in [1.54, 1.807) is 0 Å². The van der Waals surface area contributed by atoms with E-state index in [9.17, 15) is 9.90 Å². The zero-order chi connectivity index (χ0) is 25.5. The molecule has 0 radical (unpaired) electrons. The van der Waals surface area contributed by atoms with Gasteiger partial charge < -0.3 is 19.3 Å². The molecule has 2 heterocycles.